The summed E-state index contributed by atoms with van der Waals surface area (Å²) in [6.07, 6.45) is 0.983. The second-order valence-corrected chi connectivity index (χ2v) is 4.65. The molecule has 0 fully saturated rings. The highest BCUT2D eigenvalue weighted by Crippen LogP contribution is 2.24. The van der Waals surface area contributed by atoms with E-state index in [4.69, 9.17) is 4.74 Å². The van der Waals surface area contributed by atoms with Gasteiger partial charge < -0.3 is 10.1 Å². The summed E-state index contributed by atoms with van der Waals surface area (Å²) in [5.74, 6) is 0.874. The molecule has 0 amide bonds. The van der Waals surface area contributed by atoms with Gasteiger partial charge in [-0.25, -0.2) is 4.98 Å². The third kappa shape index (κ3) is 3.05. The fraction of sp³-hybridized carbons (Fsp3) is 0.308. The number of likely N-dealkylation sites (N-methyl/N-ethyl adjacent to an activating group) is 1. The van der Waals surface area contributed by atoms with E-state index in [0.29, 0.717) is 0 Å². The lowest BCUT2D eigenvalue weighted by Crippen LogP contribution is -2.09. The SMILES string of the molecule is CNCCc1nc(-c2ccc(OC)cc2)cs1. The van der Waals surface area contributed by atoms with Crippen LogP contribution < -0.4 is 10.1 Å². The molecule has 3 nitrogen and oxygen atoms in total. The number of rotatable bonds is 5. The smallest absolute Gasteiger partial charge is 0.118 e. The van der Waals surface area contributed by atoms with Crippen molar-refractivity contribution in [3.8, 4) is 17.0 Å². The van der Waals surface area contributed by atoms with Gasteiger partial charge in [0.15, 0.2) is 0 Å². The van der Waals surface area contributed by atoms with Crippen molar-refractivity contribution in [1.29, 1.82) is 0 Å². The second-order valence-electron chi connectivity index (χ2n) is 3.71. The summed E-state index contributed by atoms with van der Waals surface area (Å²) < 4.78 is 5.14. The molecule has 0 spiro atoms. The minimum atomic E-state index is 0.874. The Morgan fingerprint density at radius 2 is 2.06 bits per heavy atom. The van der Waals surface area contributed by atoms with E-state index in [-0.39, 0.29) is 0 Å². The van der Waals surface area contributed by atoms with Crippen LogP contribution in [0, 0.1) is 0 Å². The van der Waals surface area contributed by atoms with Crippen LogP contribution >= 0.6 is 11.3 Å². The number of nitrogens with zero attached hydrogens (tertiary/aromatic N) is 1. The maximum Gasteiger partial charge on any atom is 0.118 e. The molecule has 0 aliphatic heterocycles. The van der Waals surface area contributed by atoms with Gasteiger partial charge in [0, 0.05) is 23.9 Å². The fourth-order valence-corrected chi connectivity index (χ4v) is 2.36. The summed E-state index contributed by atoms with van der Waals surface area (Å²) in [5.41, 5.74) is 2.18. The molecule has 90 valence electrons. The highest BCUT2D eigenvalue weighted by atomic mass is 32.1. The summed E-state index contributed by atoms with van der Waals surface area (Å²) in [6, 6.07) is 8.00. The van der Waals surface area contributed by atoms with E-state index in [9.17, 15) is 0 Å². The van der Waals surface area contributed by atoms with Crippen molar-refractivity contribution in [3.05, 3.63) is 34.7 Å². The van der Waals surface area contributed by atoms with Gasteiger partial charge in [0.05, 0.1) is 17.8 Å². The maximum atomic E-state index is 5.14. The van der Waals surface area contributed by atoms with Crippen molar-refractivity contribution < 1.29 is 4.74 Å². The minimum Gasteiger partial charge on any atom is -0.497 e. The molecule has 0 saturated carbocycles. The van der Waals surface area contributed by atoms with Crippen LogP contribution in [-0.4, -0.2) is 25.7 Å². The first kappa shape index (κ1) is 12.1. The van der Waals surface area contributed by atoms with Crippen molar-refractivity contribution >= 4 is 11.3 Å². The second kappa shape index (κ2) is 5.80. The molecule has 0 atom stereocenters. The molecule has 0 aliphatic carbocycles. The average Bonchev–Trinajstić information content (AvgIpc) is 2.85. The van der Waals surface area contributed by atoms with Crippen molar-refractivity contribution in [1.82, 2.24) is 10.3 Å². The lowest BCUT2D eigenvalue weighted by molar-refractivity contribution is 0.415. The molecular formula is C13H16N2OS. The zero-order chi connectivity index (χ0) is 12.1. The lowest BCUT2D eigenvalue weighted by atomic mass is 10.2. The molecule has 1 N–H and O–H groups in total. The van der Waals surface area contributed by atoms with Gasteiger partial charge in [0.25, 0.3) is 0 Å². The largest absolute Gasteiger partial charge is 0.497 e. The van der Waals surface area contributed by atoms with E-state index in [1.165, 1.54) is 5.01 Å². The van der Waals surface area contributed by atoms with Crippen LogP contribution in [0.25, 0.3) is 11.3 Å². The topological polar surface area (TPSA) is 34.2 Å². The highest BCUT2D eigenvalue weighted by Gasteiger charge is 2.04. The highest BCUT2D eigenvalue weighted by molar-refractivity contribution is 7.09. The number of hydrogen-bond acceptors (Lipinski definition) is 4. The lowest BCUT2D eigenvalue weighted by Gasteiger charge is -2.00. The predicted octanol–water partition coefficient (Wildman–Crippen LogP) is 2.58. The molecule has 4 heteroatoms. The van der Waals surface area contributed by atoms with Crippen molar-refractivity contribution in [2.75, 3.05) is 20.7 Å². The van der Waals surface area contributed by atoms with Crippen molar-refractivity contribution in [2.45, 2.75) is 6.42 Å². The molecule has 1 heterocycles. The zero-order valence-corrected chi connectivity index (χ0v) is 10.9. The Bertz CT molecular complexity index is 465. The summed E-state index contributed by atoms with van der Waals surface area (Å²) in [5, 5.41) is 6.41. The Morgan fingerprint density at radius 3 is 2.71 bits per heavy atom. The molecule has 1 aromatic carbocycles. The van der Waals surface area contributed by atoms with Gasteiger partial charge in [0.2, 0.25) is 0 Å². The van der Waals surface area contributed by atoms with Gasteiger partial charge in [-0.05, 0) is 31.3 Å². The van der Waals surface area contributed by atoms with Crippen LogP contribution in [0.15, 0.2) is 29.6 Å². The van der Waals surface area contributed by atoms with Crippen molar-refractivity contribution in [3.63, 3.8) is 0 Å². The van der Waals surface area contributed by atoms with Gasteiger partial charge in [0.1, 0.15) is 5.75 Å². The first-order chi connectivity index (χ1) is 8.33. The van der Waals surface area contributed by atoms with Crippen LogP contribution in [0.4, 0.5) is 0 Å². The van der Waals surface area contributed by atoms with Gasteiger partial charge in [-0.2, -0.15) is 0 Å². The third-order valence-electron chi connectivity index (χ3n) is 2.53. The van der Waals surface area contributed by atoms with Gasteiger partial charge in [-0.15, -0.1) is 11.3 Å². The average molecular weight is 248 g/mol. The number of thiazole rings is 1. The first-order valence-electron chi connectivity index (χ1n) is 5.57. The number of methoxy groups -OCH3 is 1. The molecule has 2 rings (SSSR count). The summed E-state index contributed by atoms with van der Waals surface area (Å²) in [6.45, 7) is 0.968. The standard InChI is InChI=1S/C13H16N2OS/c1-14-8-7-13-15-12(9-17-13)10-3-5-11(16-2)6-4-10/h3-6,9,14H,7-8H2,1-2H3. The summed E-state index contributed by atoms with van der Waals surface area (Å²) >= 11 is 1.71. The fourth-order valence-electron chi connectivity index (χ4n) is 1.55. The number of aromatic nitrogens is 1. The Hall–Kier alpha value is -1.39. The van der Waals surface area contributed by atoms with E-state index >= 15 is 0 Å². The molecular weight excluding hydrogens is 232 g/mol. The molecule has 2 aromatic rings. The van der Waals surface area contributed by atoms with Crippen LogP contribution in [0.1, 0.15) is 5.01 Å². The normalized spacial score (nSPS) is 10.5. The molecule has 17 heavy (non-hydrogen) atoms. The molecule has 0 saturated heterocycles. The Balaban J connectivity index is 2.12. The number of nitrogens with one attached hydrogen (secondary N) is 1. The molecule has 0 aliphatic rings. The van der Waals surface area contributed by atoms with Crippen LogP contribution in [0.2, 0.25) is 0 Å². The van der Waals surface area contributed by atoms with E-state index in [0.717, 1.165) is 30.0 Å². The zero-order valence-electron chi connectivity index (χ0n) is 10.1. The van der Waals surface area contributed by atoms with Crippen LogP contribution in [0.3, 0.4) is 0 Å². The quantitative estimate of drug-likeness (QED) is 0.883. The van der Waals surface area contributed by atoms with Gasteiger partial charge >= 0.3 is 0 Å². The number of ether oxygens (including phenoxy) is 1. The van der Waals surface area contributed by atoms with Crippen LogP contribution in [-0.2, 0) is 6.42 Å². The summed E-state index contributed by atoms with van der Waals surface area (Å²) in [4.78, 5) is 4.61. The van der Waals surface area contributed by atoms with Crippen molar-refractivity contribution in [2.24, 2.45) is 0 Å². The third-order valence-corrected chi connectivity index (χ3v) is 3.43. The minimum absolute atomic E-state index is 0.874. The first-order valence-corrected chi connectivity index (χ1v) is 6.45. The van der Waals surface area contributed by atoms with Crippen LogP contribution in [0.5, 0.6) is 5.75 Å². The molecule has 0 bridgehead atoms. The van der Waals surface area contributed by atoms with Gasteiger partial charge in [-0.1, -0.05) is 0 Å². The van der Waals surface area contributed by atoms with Gasteiger partial charge in [-0.3, -0.25) is 0 Å². The number of hydrogen-bond donors (Lipinski definition) is 1. The number of benzene rings is 1. The Kier molecular flexibility index (Phi) is 4.12. The maximum absolute atomic E-state index is 5.14. The van der Waals surface area contributed by atoms with E-state index in [1.54, 1.807) is 18.4 Å². The Labute approximate surface area is 105 Å². The van der Waals surface area contributed by atoms with E-state index < -0.39 is 0 Å². The monoisotopic (exact) mass is 248 g/mol. The summed E-state index contributed by atoms with van der Waals surface area (Å²) in [7, 11) is 3.63. The van der Waals surface area contributed by atoms with E-state index in [2.05, 4.69) is 15.7 Å². The molecule has 0 unspecified atom stereocenters. The molecule has 1 aromatic heterocycles. The predicted molar refractivity (Wildman–Crippen MR) is 71.7 cm³/mol. The molecule has 0 radical (unpaired) electrons. The van der Waals surface area contributed by atoms with E-state index in [1.807, 2.05) is 31.3 Å². The Morgan fingerprint density at radius 1 is 1.29 bits per heavy atom.